The molecule has 3 rings (SSSR count). The van der Waals surface area contributed by atoms with Crippen LogP contribution in [-0.4, -0.2) is 34.0 Å². The molecule has 0 aliphatic carbocycles. The minimum absolute atomic E-state index is 0.181. The van der Waals surface area contributed by atoms with Gasteiger partial charge in [-0.1, -0.05) is 56.3 Å². The lowest BCUT2D eigenvalue weighted by Crippen LogP contribution is -2.39. The van der Waals surface area contributed by atoms with Gasteiger partial charge in [-0.15, -0.1) is 0 Å². The Hall–Kier alpha value is -2.17. The van der Waals surface area contributed by atoms with Crippen molar-refractivity contribution in [1.82, 2.24) is 15.0 Å². The van der Waals surface area contributed by atoms with Crippen molar-refractivity contribution in [1.29, 1.82) is 0 Å². The van der Waals surface area contributed by atoms with Gasteiger partial charge in [0.2, 0.25) is 11.8 Å². The van der Waals surface area contributed by atoms with Crippen molar-refractivity contribution in [3.05, 3.63) is 47.6 Å². The van der Waals surface area contributed by atoms with Gasteiger partial charge in [-0.05, 0) is 24.3 Å². The maximum absolute atomic E-state index is 12.7. The van der Waals surface area contributed by atoms with Crippen LogP contribution in [0.15, 0.2) is 34.9 Å². The maximum atomic E-state index is 12.7. The van der Waals surface area contributed by atoms with Gasteiger partial charge >= 0.3 is 0 Å². The fourth-order valence-electron chi connectivity index (χ4n) is 3.35. The molecule has 0 radical (unpaired) electrons. The second-order valence-electron chi connectivity index (χ2n) is 7.34. The number of hydrogen-bond acceptors (Lipinski definition) is 4. The highest BCUT2D eigenvalue weighted by Gasteiger charge is 2.29. The summed E-state index contributed by atoms with van der Waals surface area (Å²) in [7, 11) is 0. The molecule has 1 aromatic heterocycles. The highest BCUT2D eigenvalue weighted by molar-refractivity contribution is 5.77. The maximum Gasteiger partial charge on any atom is 0.229 e. The first-order valence-corrected chi connectivity index (χ1v) is 9.20. The van der Waals surface area contributed by atoms with E-state index in [9.17, 15) is 4.79 Å². The summed E-state index contributed by atoms with van der Waals surface area (Å²) in [5.74, 6) is 2.28. The molecule has 2 atom stereocenters. The summed E-state index contributed by atoms with van der Waals surface area (Å²) >= 11 is 0. The van der Waals surface area contributed by atoms with Crippen LogP contribution in [0.25, 0.3) is 0 Å². The number of rotatable bonds is 5. The van der Waals surface area contributed by atoms with Crippen molar-refractivity contribution < 1.29 is 9.32 Å². The molecule has 2 aromatic rings. The summed E-state index contributed by atoms with van der Waals surface area (Å²) < 4.78 is 5.33. The average Bonchev–Trinajstić information content (AvgIpc) is 3.13. The van der Waals surface area contributed by atoms with Crippen molar-refractivity contribution >= 4 is 5.91 Å². The van der Waals surface area contributed by atoms with Gasteiger partial charge in [0.25, 0.3) is 0 Å². The van der Waals surface area contributed by atoms with Gasteiger partial charge in [0.1, 0.15) is 0 Å². The zero-order valence-electron chi connectivity index (χ0n) is 15.3. The molecular formula is C20H27N3O2. The quantitative estimate of drug-likeness (QED) is 0.822. The van der Waals surface area contributed by atoms with Crippen LogP contribution in [0.1, 0.15) is 75.1 Å². The van der Waals surface area contributed by atoms with Crippen LogP contribution in [0.5, 0.6) is 0 Å². The lowest BCUT2D eigenvalue weighted by Gasteiger charge is -2.32. The topological polar surface area (TPSA) is 59.2 Å². The molecule has 0 N–H and O–H groups in total. The van der Waals surface area contributed by atoms with E-state index in [0.717, 1.165) is 25.2 Å². The molecule has 25 heavy (non-hydrogen) atoms. The zero-order chi connectivity index (χ0) is 17.8. The van der Waals surface area contributed by atoms with Crippen molar-refractivity contribution in [3.8, 4) is 0 Å². The molecule has 0 unspecified atom stereocenters. The summed E-state index contributed by atoms with van der Waals surface area (Å²) in [6, 6.07) is 10.2. The third-order valence-corrected chi connectivity index (χ3v) is 4.94. The molecule has 0 bridgehead atoms. The molecule has 5 heteroatoms. The number of piperidine rings is 1. The predicted molar refractivity (Wildman–Crippen MR) is 96.4 cm³/mol. The fraction of sp³-hybridized carbons (Fsp3) is 0.550. The van der Waals surface area contributed by atoms with Crippen LogP contribution in [0.4, 0.5) is 0 Å². The van der Waals surface area contributed by atoms with E-state index in [1.165, 1.54) is 5.56 Å². The third-order valence-electron chi connectivity index (χ3n) is 4.94. The van der Waals surface area contributed by atoms with E-state index >= 15 is 0 Å². The Morgan fingerprint density at radius 3 is 2.72 bits per heavy atom. The van der Waals surface area contributed by atoms with Gasteiger partial charge in [-0.2, -0.15) is 4.98 Å². The van der Waals surface area contributed by atoms with Crippen LogP contribution in [0, 0.1) is 0 Å². The van der Waals surface area contributed by atoms with Crippen molar-refractivity contribution in [2.45, 2.75) is 57.8 Å². The van der Waals surface area contributed by atoms with Crippen molar-refractivity contribution in [2.75, 3.05) is 13.1 Å². The minimum atomic E-state index is 0.181. The summed E-state index contributed by atoms with van der Waals surface area (Å²) in [5.41, 5.74) is 1.21. The third kappa shape index (κ3) is 4.27. The number of benzene rings is 1. The molecule has 5 nitrogen and oxygen atoms in total. The number of carbonyl (C=O) groups excluding carboxylic acids is 1. The summed E-state index contributed by atoms with van der Waals surface area (Å²) in [6.45, 7) is 7.71. The van der Waals surface area contributed by atoms with Gasteiger partial charge in [-0.3, -0.25) is 4.79 Å². The van der Waals surface area contributed by atoms with Crippen molar-refractivity contribution in [2.24, 2.45) is 0 Å². The van der Waals surface area contributed by atoms with E-state index in [1.54, 1.807) is 0 Å². The molecule has 1 aliphatic rings. The summed E-state index contributed by atoms with van der Waals surface area (Å²) in [5, 5.41) is 4.14. The van der Waals surface area contributed by atoms with Gasteiger partial charge < -0.3 is 9.42 Å². The standard InChI is InChI=1S/C20H27N3O2/c1-14(2)20-21-19(22-25-20)17-10-7-11-23(13-17)18(24)12-15(3)16-8-5-4-6-9-16/h4-6,8-9,14-15,17H,7,10-13H2,1-3H3/t15-,17-/m0/s1. The van der Waals surface area contributed by atoms with Crippen LogP contribution in [0.2, 0.25) is 0 Å². The van der Waals surface area contributed by atoms with E-state index in [0.29, 0.717) is 18.9 Å². The second kappa shape index (κ2) is 7.81. The first kappa shape index (κ1) is 17.6. The molecule has 1 amide bonds. The van der Waals surface area contributed by atoms with Crippen LogP contribution in [0.3, 0.4) is 0 Å². The Labute approximate surface area is 149 Å². The van der Waals surface area contributed by atoms with Crippen LogP contribution < -0.4 is 0 Å². The molecule has 0 spiro atoms. The van der Waals surface area contributed by atoms with Gasteiger partial charge in [0.15, 0.2) is 5.82 Å². The molecule has 1 aliphatic heterocycles. The van der Waals surface area contributed by atoms with Gasteiger partial charge in [-0.25, -0.2) is 0 Å². The summed E-state index contributed by atoms with van der Waals surface area (Å²) in [6.07, 6.45) is 2.54. The Morgan fingerprint density at radius 2 is 2.04 bits per heavy atom. The molecule has 1 aromatic carbocycles. The lowest BCUT2D eigenvalue weighted by molar-refractivity contribution is -0.132. The Bertz CT molecular complexity index is 696. The molecule has 2 heterocycles. The molecule has 134 valence electrons. The number of amides is 1. The second-order valence-corrected chi connectivity index (χ2v) is 7.34. The van der Waals surface area contributed by atoms with Gasteiger partial charge in [0, 0.05) is 31.3 Å². The minimum Gasteiger partial charge on any atom is -0.342 e. The molecular weight excluding hydrogens is 314 g/mol. The van der Waals surface area contributed by atoms with E-state index < -0.39 is 0 Å². The van der Waals surface area contributed by atoms with E-state index in [-0.39, 0.29) is 23.7 Å². The zero-order valence-corrected chi connectivity index (χ0v) is 15.3. The molecule has 0 saturated carbocycles. The number of carbonyl (C=O) groups is 1. The highest BCUT2D eigenvalue weighted by atomic mass is 16.5. The van der Waals surface area contributed by atoms with Crippen LogP contribution >= 0.6 is 0 Å². The van der Waals surface area contributed by atoms with Crippen LogP contribution in [-0.2, 0) is 4.79 Å². The number of nitrogens with zero attached hydrogens (tertiary/aromatic N) is 3. The van der Waals surface area contributed by atoms with E-state index in [4.69, 9.17) is 4.52 Å². The van der Waals surface area contributed by atoms with Crippen molar-refractivity contribution in [3.63, 3.8) is 0 Å². The van der Waals surface area contributed by atoms with E-state index in [1.807, 2.05) is 36.9 Å². The monoisotopic (exact) mass is 341 g/mol. The Balaban J connectivity index is 1.61. The predicted octanol–water partition coefficient (Wildman–Crippen LogP) is 4.09. The lowest BCUT2D eigenvalue weighted by atomic mass is 9.94. The number of hydrogen-bond donors (Lipinski definition) is 0. The largest absolute Gasteiger partial charge is 0.342 e. The molecule has 1 saturated heterocycles. The number of likely N-dealkylation sites (tertiary alicyclic amines) is 1. The van der Waals surface area contributed by atoms with E-state index in [2.05, 4.69) is 29.2 Å². The Kier molecular flexibility index (Phi) is 5.51. The fourth-order valence-corrected chi connectivity index (χ4v) is 3.35. The number of aromatic nitrogens is 2. The van der Waals surface area contributed by atoms with Gasteiger partial charge in [0.05, 0.1) is 0 Å². The SMILES string of the molecule is CC(C)c1nc([C@H]2CCCN(C(=O)C[C@H](C)c3ccccc3)C2)no1. The first-order chi connectivity index (χ1) is 12.0. The smallest absolute Gasteiger partial charge is 0.229 e. The first-order valence-electron chi connectivity index (χ1n) is 9.20. The molecule has 1 fully saturated rings. The normalized spacial score (nSPS) is 19.2. The highest BCUT2D eigenvalue weighted by Crippen LogP contribution is 2.28. The Morgan fingerprint density at radius 1 is 1.28 bits per heavy atom. The average molecular weight is 341 g/mol. The summed E-state index contributed by atoms with van der Waals surface area (Å²) in [4.78, 5) is 19.2.